The molecule has 0 aliphatic heterocycles. The lowest BCUT2D eigenvalue weighted by Gasteiger charge is -2.08. The quantitative estimate of drug-likeness (QED) is 0.618. The predicted octanol–water partition coefficient (Wildman–Crippen LogP) is 4.53. The van der Waals surface area contributed by atoms with Crippen LogP contribution in [0.4, 0.5) is 0 Å². The van der Waals surface area contributed by atoms with Gasteiger partial charge in [0.25, 0.3) is 0 Å². The Morgan fingerprint density at radius 3 is 2.53 bits per heavy atom. The van der Waals surface area contributed by atoms with Gasteiger partial charge in [-0.3, -0.25) is 0 Å². The summed E-state index contributed by atoms with van der Waals surface area (Å²) in [6.45, 7) is 1.95. The summed E-state index contributed by atoms with van der Waals surface area (Å²) in [5.74, 6) is 0. The van der Waals surface area contributed by atoms with Gasteiger partial charge in [0.15, 0.2) is 0 Å². The second-order valence-corrected chi connectivity index (χ2v) is 5.31. The zero-order chi connectivity index (χ0) is 13.4. The monoisotopic (exact) mass is 314 g/mol. The van der Waals surface area contributed by atoms with Gasteiger partial charge in [0.05, 0.1) is 5.56 Å². The topological polar surface area (TPSA) is 30.2 Å². The number of hydrogen-bond acceptors (Lipinski definition) is 2. The van der Waals surface area contributed by atoms with Crippen LogP contribution in [-0.2, 0) is 0 Å². The number of fused-ring (bicyclic) bond motifs is 1. The molecular weight excluding hydrogens is 304 g/mol. The first-order chi connectivity index (χ1) is 9.16. The van der Waals surface area contributed by atoms with Crippen LogP contribution in [-0.4, -0.2) is 0 Å². The second kappa shape index (κ2) is 4.67. The summed E-state index contributed by atoms with van der Waals surface area (Å²) < 4.78 is 6.38. The van der Waals surface area contributed by atoms with Gasteiger partial charge in [0.2, 0.25) is 0 Å². The van der Waals surface area contributed by atoms with E-state index in [4.69, 9.17) is 4.42 Å². The highest BCUT2D eigenvalue weighted by molar-refractivity contribution is 9.10. The lowest BCUT2D eigenvalue weighted by atomic mass is 10.00. The van der Waals surface area contributed by atoms with E-state index in [0.717, 1.165) is 21.0 Å². The molecule has 0 amide bonds. The Morgan fingerprint density at radius 2 is 1.79 bits per heavy atom. The van der Waals surface area contributed by atoms with Crippen molar-refractivity contribution >= 4 is 26.9 Å². The van der Waals surface area contributed by atoms with Crippen LogP contribution >= 0.6 is 15.9 Å². The maximum atomic E-state index is 12.2. The molecule has 0 spiro atoms. The minimum Gasteiger partial charge on any atom is -0.422 e. The minimum absolute atomic E-state index is 0.293. The van der Waals surface area contributed by atoms with E-state index in [0.29, 0.717) is 11.1 Å². The van der Waals surface area contributed by atoms with E-state index in [-0.39, 0.29) is 5.63 Å². The molecule has 94 valence electrons. The SMILES string of the molecule is Cc1c(-c2ccccc2)c(=O)oc2ccc(Br)cc12. The fourth-order valence-electron chi connectivity index (χ4n) is 2.26. The standard InChI is InChI=1S/C16H11BrO2/c1-10-13-9-12(17)7-8-14(13)19-16(18)15(10)11-5-3-2-4-6-11/h2-9H,1H3. The summed E-state index contributed by atoms with van der Waals surface area (Å²) in [5.41, 5.74) is 2.78. The third kappa shape index (κ3) is 2.10. The van der Waals surface area contributed by atoms with Gasteiger partial charge in [-0.2, -0.15) is 0 Å². The minimum atomic E-state index is -0.293. The molecule has 1 heterocycles. The molecule has 0 aliphatic carbocycles. The van der Waals surface area contributed by atoms with E-state index in [2.05, 4.69) is 15.9 Å². The number of halogens is 1. The van der Waals surface area contributed by atoms with Gasteiger partial charge in [-0.1, -0.05) is 46.3 Å². The fourth-order valence-corrected chi connectivity index (χ4v) is 2.62. The Morgan fingerprint density at radius 1 is 1.05 bits per heavy atom. The van der Waals surface area contributed by atoms with Crippen LogP contribution < -0.4 is 5.63 Å². The number of hydrogen-bond donors (Lipinski definition) is 0. The molecule has 0 N–H and O–H groups in total. The molecule has 19 heavy (non-hydrogen) atoms. The van der Waals surface area contributed by atoms with Crippen molar-refractivity contribution in [2.45, 2.75) is 6.92 Å². The average molecular weight is 315 g/mol. The number of benzene rings is 2. The lowest BCUT2D eigenvalue weighted by Crippen LogP contribution is -2.05. The summed E-state index contributed by atoms with van der Waals surface area (Å²) in [7, 11) is 0. The summed E-state index contributed by atoms with van der Waals surface area (Å²) in [6, 6.07) is 15.2. The van der Waals surface area contributed by atoms with Crippen molar-refractivity contribution in [1.82, 2.24) is 0 Å². The Kier molecular flexibility index (Phi) is 2.99. The third-order valence-corrected chi connectivity index (χ3v) is 3.68. The smallest absolute Gasteiger partial charge is 0.344 e. The van der Waals surface area contributed by atoms with Crippen LogP contribution in [0.5, 0.6) is 0 Å². The van der Waals surface area contributed by atoms with Gasteiger partial charge in [-0.15, -0.1) is 0 Å². The molecule has 0 unspecified atom stereocenters. The highest BCUT2D eigenvalue weighted by atomic mass is 79.9. The second-order valence-electron chi connectivity index (χ2n) is 4.40. The van der Waals surface area contributed by atoms with Crippen molar-refractivity contribution in [1.29, 1.82) is 0 Å². The van der Waals surface area contributed by atoms with Crippen molar-refractivity contribution in [2.75, 3.05) is 0 Å². The molecule has 3 aromatic rings. The van der Waals surface area contributed by atoms with Crippen molar-refractivity contribution in [3.8, 4) is 11.1 Å². The molecule has 0 fully saturated rings. The van der Waals surface area contributed by atoms with Gasteiger partial charge in [0.1, 0.15) is 5.58 Å². The van der Waals surface area contributed by atoms with Crippen LogP contribution in [0.3, 0.4) is 0 Å². The van der Waals surface area contributed by atoms with Crippen LogP contribution in [0.2, 0.25) is 0 Å². The summed E-state index contributed by atoms with van der Waals surface area (Å²) in [5, 5.41) is 0.952. The molecule has 2 aromatic carbocycles. The van der Waals surface area contributed by atoms with Crippen molar-refractivity contribution < 1.29 is 4.42 Å². The molecule has 3 rings (SSSR count). The van der Waals surface area contributed by atoms with Gasteiger partial charge < -0.3 is 4.42 Å². The van der Waals surface area contributed by atoms with E-state index < -0.39 is 0 Å². The number of rotatable bonds is 1. The Labute approximate surface area is 118 Å². The Hall–Kier alpha value is -1.87. The van der Waals surface area contributed by atoms with E-state index in [1.807, 2.05) is 55.5 Å². The maximum absolute atomic E-state index is 12.2. The van der Waals surface area contributed by atoms with Crippen LogP contribution in [0.25, 0.3) is 22.1 Å². The molecule has 1 aromatic heterocycles. The van der Waals surface area contributed by atoms with Gasteiger partial charge in [0, 0.05) is 9.86 Å². The highest BCUT2D eigenvalue weighted by Crippen LogP contribution is 2.28. The van der Waals surface area contributed by atoms with Crippen LogP contribution in [0.1, 0.15) is 5.56 Å². The largest absolute Gasteiger partial charge is 0.422 e. The van der Waals surface area contributed by atoms with Crippen molar-refractivity contribution in [3.05, 3.63) is 69.0 Å². The first-order valence-electron chi connectivity index (χ1n) is 5.95. The molecule has 0 saturated heterocycles. The predicted molar refractivity (Wildman–Crippen MR) is 80.4 cm³/mol. The molecule has 0 saturated carbocycles. The van der Waals surface area contributed by atoms with Crippen molar-refractivity contribution in [2.24, 2.45) is 0 Å². The fraction of sp³-hybridized carbons (Fsp3) is 0.0625. The molecule has 0 bridgehead atoms. The summed E-state index contributed by atoms with van der Waals surface area (Å²) in [4.78, 5) is 12.2. The average Bonchev–Trinajstić information content (AvgIpc) is 2.41. The maximum Gasteiger partial charge on any atom is 0.344 e. The van der Waals surface area contributed by atoms with E-state index in [9.17, 15) is 4.79 Å². The Balaban J connectivity index is 2.40. The van der Waals surface area contributed by atoms with Crippen molar-refractivity contribution in [3.63, 3.8) is 0 Å². The summed E-state index contributed by atoms with van der Waals surface area (Å²) in [6.07, 6.45) is 0. The zero-order valence-corrected chi connectivity index (χ0v) is 11.9. The molecule has 0 atom stereocenters. The lowest BCUT2D eigenvalue weighted by molar-refractivity contribution is 0.562. The zero-order valence-electron chi connectivity index (χ0n) is 10.3. The van der Waals surface area contributed by atoms with Gasteiger partial charge >= 0.3 is 5.63 Å². The highest BCUT2D eigenvalue weighted by Gasteiger charge is 2.12. The first-order valence-corrected chi connectivity index (χ1v) is 6.74. The molecular formula is C16H11BrO2. The van der Waals surface area contributed by atoms with Gasteiger partial charge in [-0.05, 0) is 36.2 Å². The molecule has 0 radical (unpaired) electrons. The first kappa shape index (κ1) is 12.2. The van der Waals surface area contributed by atoms with E-state index in [1.54, 1.807) is 0 Å². The van der Waals surface area contributed by atoms with Gasteiger partial charge in [-0.25, -0.2) is 4.79 Å². The van der Waals surface area contributed by atoms with Crippen LogP contribution in [0, 0.1) is 6.92 Å². The molecule has 2 nitrogen and oxygen atoms in total. The van der Waals surface area contributed by atoms with E-state index in [1.165, 1.54) is 0 Å². The third-order valence-electron chi connectivity index (χ3n) is 3.19. The normalized spacial score (nSPS) is 10.8. The number of aryl methyl sites for hydroxylation is 1. The van der Waals surface area contributed by atoms with E-state index >= 15 is 0 Å². The van der Waals surface area contributed by atoms with Crippen LogP contribution in [0.15, 0.2) is 62.2 Å². The molecule has 3 heteroatoms. The Bertz CT molecular complexity index is 804. The molecule has 0 aliphatic rings. The summed E-state index contributed by atoms with van der Waals surface area (Å²) >= 11 is 3.45.